The lowest BCUT2D eigenvalue weighted by Gasteiger charge is -2.11. The van der Waals surface area contributed by atoms with E-state index in [1.165, 1.54) is 29.2 Å². The van der Waals surface area contributed by atoms with Crippen molar-refractivity contribution in [1.82, 2.24) is 24.5 Å². The van der Waals surface area contributed by atoms with Crippen LogP contribution >= 0.6 is 15.9 Å². The van der Waals surface area contributed by atoms with Crippen molar-refractivity contribution in [3.8, 4) is 17.1 Å². The van der Waals surface area contributed by atoms with Crippen LogP contribution < -0.4 is 4.73 Å². The summed E-state index contributed by atoms with van der Waals surface area (Å²) in [6.07, 6.45) is 1.87. The molecule has 0 saturated carbocycles. The van der Waals surface area contributed by atoms with Crippen molar-refractivity contribution >= 4 is 15.9 Å². The molecule has 0 aliphatic rings. The third-order valence-electron chi connectivity index (χ3n) is 4.26. The molecule has 154 valence electrons. The quantitative estimate of drug-likeness (QED) is 0.331. The van der Waals surface area contributed by atoms with Crippen molar-refractivity contribution in [3.63, 3.8) is 0 Å². The summed E-state index contributed by atoms with van der Waals surface area (Å²) < 4.78 is 43.7. The second-order valence-corrected chi connectivity index (χ2v) is 7.53. The summed E-state index contributed by atoms with van der Waals surface area (Å²) in [4.78, 5) is 4.49. The Kier molecular flexibility index (Phi) is 5.06. The second-order valence-electron chi connectivity index (χ2n) is 6.61. The van der Waals surface area contributed by atoms with E-state index in [1.807, 2.05) is 0 Å². The Morgan fingerprint density at radius 2 is 2.03 bits per heavy atom. The van der Waals surface area contributed by atoms with E-state index in [1.54, 1.807) is 30.2 Å². The molecular formula is C19H14BrF3N6O. The fourth-order valence-corrected chi connectivity index (χ4v) is 3.47. The van der Waals surface area contributed by atoms with Gasteiger partial charge in [0.25, 0.3) is 0 Å². The zero-order valence-electron chi connectivity index (χ0n) is 15.5. The van der Waals surface area contributed by atoms with Gasteiger partial charge in [-0.3, -0.25) is 4.68 Å². The molecule has 0 unspecified atom stereocenters. The molecule has 0 bridgehead atoms. The molecule has 0 spiro atoms. The maximum atomic E-state index is 13.3. The fraction of sp³-hybridized carbons (Fsp3) is 0.158. The van der Waals surface area contributed by atoms with Crippen LogP contribution in [0.4, 0.5) is 13.2 Å². The summed E-state index contributed by atoms with van der Waals surface area (Å²) in [6.45, 7) is 0. The minimum Gasteiger partial charge on any atom is -0.619 e. The van der Waals surface area contributed by atoms with Gasteiger partial charge in [0.05, 0.1) is 23.0 Å². The van der Waals surface area contributed by atoms with Gasteiger partial charge in [-0.2, -0.15) is 28.1 Å². The van der Waals surface area contributed by atoms with Gasteiger partial charge in [0.2, 0.25) is 0 Å². The van der Waals surface area contributed by atoms with E-state index < -0.39 is 11.7 Å². The molecule has 3 heterocycles. The molecule has 11 heteroatoms. The smallest absolute Gasteiger partial charge is 0.416 e. The Morgan fingerprint density at radius 3 is 2.70 bits per heavy atom. The Balaban J connectivity index is 1.86. The van der Waals surface area contributed by atoms with Crippen molar-refractivity contribution < 1.29 is 17.9 Å². The monoisotopic (exact) mass is 478 g/mol. The van der Waals surface area contributed by atoms with Gasteiger partial charge >= 0.3 is 6.18 Å². The first-order valence-corrected chi connectivity index (χ1v) is 9.49. The summed E-state index contributed by atoms with van der Waals surface area (Å²) in [5, 5.41) is 20.3. The number of aromatic nitrogens is 6. The van der Waals surface area contributed by atoms with Gasteiger partial charge < -0.3 is 5.21 Å². The second kappa shape index (κ2) is 7.56. The Hall–Kier alpha value is -3.21. The molecule has 0 saturated heterocycles. The van der Waals surface area contributed by atoms with Crippen LogP contribution in [0.2, 0.25) is 0 Å². The third-order valence-corrected chi connectivity index (χ3v) is 4.72. The molecule has 0 radical (unpaired) electrons. The van der Waals surface area contributed by atoms with E-state index in [0.717, 1.165) is 17.7 Å². The van der Waals surface area contributed by atoms with Crippen LogP contribution in [0.25, 0.3) is 17.1 Å². The molecule has 0 fully saturated rings. The molecule has 30 heavy (non-hydrogen) atoms. The third kappa shape index (κ3) is 4.20. The van der Waals surface area contributed by atoms with Crippen LogP contribution in [0.15, 0.2) is 59.6 Å². The average molecular weight is 479 g/mol. The molecule has 4 aromatic rings. The first-order chi connectivity index (χ1) is 14.2. The summed E-state index contributed by atoms with van der Waals surface area (Å²) >= 11 is 3.13. The van der Waals surface area contributed by atoms with E-state index in [2.05, 4.69) is 31.1 Å². The van der Waals surface area contributed by atoms with E-state index >= 15 is 0 Å². The van der Waals surface area contributed by atoms with Gasteiger partial charge in [0.1, 0.15) is 0 Å². The zero-order chi connectivity index (χ0) is 21.5. The minimum absolute atomic E-state index is 0.165. The molecule has 3 aromatic heterocycles. The summed E-state index contributed by atoms with van der Waals surface area (Å²) in [7, 11) is 1.78. The summed E-state index contributed by atoms with van der Waals surface area (Å²) in [6, 6.07) is 6.67. The highest BCUT2D eigenvalue weighted by molar-refractivity contribution is 9.10. The predicted octanol–water partition coefficient (Wildman–Crippen LogP) is 3.67. The van der Waals surface area contributed by atoms with Gasteiger partial charge in [-0.05, 0) is 29.8 Å². The van der Waals surface area contributed by atoms with E-state index in [4.69, 9.17) is 0 Å². The number of hydrogen-bond acceptors (Lipinski definition) is 4. The topological polar surface area (TPSA) is 75.5 Å². The van der Waals surface area contributed by atoms with Crippen molar-refractivity contribution in [2.45, 2.75) is 12.6 Å². The van der Waals surface area contributed by atoms with Crippen LogP contribution in [0.1, 0.15) is 17.0 Å². The predicted molar refractivity (Wildman–Crippen MR) is 104 cm³/mol. The first-order valence-electron chi connectivity index (χ1n) is 8.70. The van der Waals surface area contributed by atoms with Gasteiger partial charge in [-0.15, -0.1) is 0 Å². The molecule has 0 aliphatic heterocycles. The van der Waals surface area contributed by atoms with Crippen molar-refractivity contribution in [2.24, 2.45) is 7.05 Å². The number of pyridine rings is 1. The van der Waals surface area contributed by atoms with Crippen molar-refractivity contribution in [2.75, 3.05) is 0 Å². The standard InChI is InChI=1S/C19H14BrF3N6O/c1-27-10-12(9-24-27)5-17-25-18(13-3-2-4-28(30)11-13)29(26-17)16-7-14(19(21,22)23)6-15(20)8-16/h2-4,6-11H,5H2,1H3. The van der Waals surface area contributed by atoms with E-state index in [-0.39, 0.29) is 16.0 Å². The summed E-state index contributed by atoms with van der Waals surface area (Å²) in [5.41, 5.74) is 0.608. The van der Waals surface area contributed by atoms with Crippen LogP contribution in [0, 0.1) is 5.21 Å². The lowest BCUT2D eigenvalue weighted by Crippen LogP contribution is -2.24. The van der Waals surface area contributed by atoms with Crippen LogP contribution in [0.3, 0.4) is 0 Å². The molecular weight excluding hydrogens is 465 g/mol. The highest BCUT2D eigenvalue weighted by Crippen LogP contribution is 2.33. The average Bonchev–Trinajstić information content (AvgIpc) is 3.27. The van der Waals surface area contributed by atoms with Crippen LogP contribution in [-0.2, 0) is 19.6 Å². The number of nitrogens with zero attached hydrogens (tertiary/aromatic N) is 6. The molecule has 0 atom stereocenters. The maximum absolute atomic E-state index is 13.3. The number of aryl methyl sites for hydroxylation is 1. The van der Waals surface area contributed by atoms with Crippen LogP contribution in [0.5, 0.6) is 0 Å². The highest BCUT2D eigenvalue weighted by atomic mass is 79.9. The molecule has 0 N–H and O–H groups in total. The van der Waals surface area contributed by atoms with Crippen molar-refractivity contribution in [1.29, 1.82) is 0 Å². The summed E-state index contributed by atoms with van der Waals surface area (Å²) in [5.74, 6) is 0.637. The lowest BCUT2D eigenvalue weighted by molar-refractivity contribution is -0.604. The number of halogens is 4. The number of rotatable bonds is 4. The van der Waals surface area contributed by atoms with Crippen molar-refractivity contribution in [3.05, 3.63) is 81.8 Å². The zero-order valence-corrected chi connectivity index (χ0v) is 17.1. The molecule has 4 rings (SSSR count). The SMILES string of the molecule is Cn1cc(Cc2nc(-c3ccc[n+]([O-])c3)n(-c3cc(Br)cc(C(F)(F)F)c3)n2)cn1. The Bertz CT molecular complexity index is 1220. The van der Waals surface area contributed by atoms with Gasteiger partial charge in [0.15, 0.2) is 24.0 Å². The largest absolute Gasteiger partial charge is 0.619 e. The molecule has 0 aliphatic carbocycles. The number of alkyl halides is 3. The number of hydrogen-bond donors (Lipinski definition) is 0. The Morgan fingerprint density at radius 1 is 1.23 bits per heavy atom. The maximum Gasteiger partial charge on any atom is 0.416 e. The lowest BCUT2D eigenvalue weighted by atomic mass is 10.2. The Labute approximate surface area is 177 Å². The minimum atomic E-state index is -4.53. The number of benzene rings is 1. The molecule has 1 aromatic carbocycles. The van der Waals surface area contributed by atoms with E-state index in [9.17, 15) is 18.4 Å². The molecule has 7 nitrogen and oxygen atoms in total. The molecule has 0 amide bonds. The normalized spacial score (nSPS) is 11.8. The van der Waals surface area contributed by atoms with Gasteiger partial charge in [-0.25, -0.2) is 9.67 Å². The van der Waals surface area contributed by atoms with Crippen LogP contribution in [-0.4, -0.2) is 24.5 Å². The highest BCUT2D eigenvalue weighted by Gasteiger charge is 2.31. The fourth-order valence-electron chi connectivity index (χ4n) is 2.99. The van der Waals surface area contributed by atoms with E-state index in [0.29, 0.717) is 22.5 Å². The van der Waals surface area contributed by atoms with Gasteiger partial charge in [0, 0.05) is 30.2 Å². The van der Waals surface area contributed by atoms with Gasteiger partial charge in [-0.1, -0.05) is 15.9 Å². The first kappa shape index (κ1) is 20.1.